The minimum atomic E-state index is -3.31. The first-order valence-electron chi connectivity index (χ1n) is 9.26. The molecule has 0 radical (unpaired) electrons. The number of sulfonamides is 1. The first-order chi connectivity index (χ1) is 13.5. The van der Waals surface area contributed by atoms with Crippen molar-refractivity contribution < 1.29 is 17.7 Å². The number of aromatic nitrogens is 2. The van der Waals surface area contributed by atoms with Gasteiger partial charge in [0.1, 0.15) is 0 Å². The van der Waals surface area contributed by atoms with Crippen molar-refractivity contribution in [3.05, 3.63) is 59.3 Å². The molecule has 1 atom stereocenters. The number of rotatable bonds is 6. The lowest BCUT2D eigenvalue weighted by Crippen LogP contribution is -3.14. The molecule has 3 aromatic rings. The highest BCUT2D eigenvalue weighted by Gasteiger charge is 2.33. The molecule has 1 aliphatic heterocycles. The third kappa shape index (κ3) is 4.17. The zero-order valence-corrected chi connectivity index (χ0v) is 17.2. The minimum Gasteiger partial charge on any atom is -0.414 e. The molecule has 4 rings (SSSR count). The van der Waals surface area contributed by atoms with Gasteiger partial charge in [-0.15, -0.1) is 21.5 Å². The maximum Gasteiger partial charge on any atom is 0.274 e. The van der Waals surface area contributed by atoms with E-state index >= 15 is 0 Å². The number of thiophene rings is 1. The van der Waals surface area contributed by atoms with Gasteiger partial charge < -0.3 is 9.32 Å². The molecule has 0 bridgehead atoms. The summed E-state index contributed by atoms with van der Waals surface area (Å²) in [6.45, 7) is 4.48. The molecule has 0 amide bonds. The Hall–Kier alpha value is -2.07. The zero-order valence-electron chi connectivity index (χ0n) is 15.6. The molecular formula is C19H23N4O3S2+. The predicted molar refractivity (Wildman–Crippen MR) is 107 cm³/mol. The second-order valence-corrected chi connectivity index (χ2v) is 9.86. The van der Waals surface area contributed by atoms with Crippen LogP contribution in [0.3, 0.4) is 0 Å². The summed E-state index contributed by atoms with van der Waals surface area (Å²) in [6, 6.07) is 13.3. The van der Waals surface area contributed by atoms with E-state index in [1.807, 2.05) is 47.8 Å². The second kappa shape index (κ2) is 8.12. The van der Waals surface area contributed by atoms with E-state index in [2.05, 4.69) is 17.1 Å². The van der Waals surface area contributed by atoms with Crippen molar-refractivity contribution in [2.45, 2.75) is 18.7 Å². The first kappa shape index (κ1) is 19.3. The molecule has 0 spiro atoms. The summed E-state index contributed by atoms with van der Waals surface area (Å²) >= 11 is 1.56. The Morgan fingerprint density at radius 3 is 2.57 bits per heavy atom. The van der Waals surface area contributed by atoms with E-state index < -0.39 is 10.0 Å². The minimum absolute atomic E-state index is 0.0280. The SMILES string of the molecule is C[C@@H](c1nnc(-c2cccs2)o1)[NH+]1CCN(S(=O)(=O)Cc2ccccc2)CC1. The van der Waals surface area contributed by atoms with Gasteiger partial charge in [-0.1, -0.05) is 36.4 Å². The van der Waals surface area contributed by atoms with Crippen LogP contribution >= 0.6 is 11.3 Å². The van der Waals surface area contributed by atoms with Crippen LogP contribution in [0.2, 0.25) is 0 Å². The number of nitrogens with one attached hydrogen (secondary N) is 1. The Kier molecular flexibility index (Phi) is 5.58. The Balaban J connectivity index is 1.37. The molecule has 0 unspecified atom stereocenters. The Bertz CT molecular complexity index is 995. The fraction of sp³-hybridized carbons (Fsp3) is 0.368. The summed E-state index contributed by atoms with van der Waals surface area (Å²) in [7, 11) is -3.31. The molecule has 7 nitrogen and oxygen atoms in total. The molecule has 148 valence electrons. The Labute approximate surface area is 168 Å². The lowest BCUT2D eigenvalue weighted by atomic mass is 10.2. The molecule has 1 aliphatic rings. The number of benzene rings is 1. The van der Waals surface area contributed by atoms with Crippen molar-refractivity contribution in [3.63, 3.8) is 0 Å². The smallest absolute Gasteiger partial charge is 0.274 e. The molecule has 3 heterocycles. The molecule has 2 aromatic heterocycles. The highest BCUT2D eigenvalue weighted by Crippen LogP contribution is 2.24. The summed E-state index contributed by atoms with van der Waals surface area (Å²) in [5, 5.41) is 10.3. The van der Waals surface area contributed by atoms with Gasteiger partial charge in [-0.25, -0.2) is 8.42 Å². The van der Waals surface area contributed by atoms with Crippen molar-refractivity contribution >= 4 is 21.4 Å². The van der Waals surface area contributed by atoms with Gasteiger partial charge in [0, 0.05) is 0 Å². The summed E-state index contributed by atoms with van der Waals surface area (Å²) in [6.07, 6.45) is 0. The summed E-state index contributed by atoms with van der Waals surface area (Å²) in [5.74, 6) is 1.19. The lowest BCUT2D eigenvalue weighted by molar-refractivity contribution is -0.934. The number of hydrogen-bond donors (Lipinski definition) is 1. The van der Waals surface area contributed by atoms with Gasteiger partial charge >= 0.3 is 0 Å². The van der Waals surface area contributed by atoms with Crippen LogP contribution in [0.5, 0.6) is 0 Å². The topological polar surface area (TPSA) is 80.7 Å². The van der Waals surface area contributed by atoms with Gasteiger partial charge in [0.15, 0.2) is 6.04 Å². The van der Waals surface area contributed by atoms with Crippen LogP contribution in [0.1, 0.15) is 24.4 Å². The van der Waals surface area contributed by atoms with E-state index in [4.69, 9.17) is 4.42 Å². The third-order valence-corrected chi connectivity index (χ3v) is 7.81. The molecule has 9 heteroatoms. The normalized spacial score (nSPS) is 17.6. The van der Waals surface area contributed by atoms with Crippen molar-refractivity contribution in [2.75, 3.05) is 26.2 Å². The number of quaternary nitrogens is 1. The van der Waals surface area contributed by atoms with Gasteiger partial charge in [0.2, 0.25) is 10.0 Å². The highest BCUT2D eigenvalue weighted by atomic mass is 32.2. The zero-order chi connectivity index (χ0) is 19.6. The Morgan fingerprint density at radius 2 is 1.89 bits per heavy atom. The maximum absolute atomic E-state index is 12.7. The first-order valence-corrected chi connectivity index (χ1v) is 11.8. The van der Waals surface area contributed by atoms with Crippen LogP contribution in [0.25, 0.3) is 10.8 Å². The van der Waals surface area contributed by atoms with Crippen LogP contribution in [0, 0.1) is 0 Å². The largest absolute Gasteiger partial charge is 0.414 e. The maximum atomic E-state index is 12.7. The molecule has 1 N–H and O–H groups in total. The molecule has 0 saturated carbocycles. The standard InChI is InChI=1S/C19H22N4O3S2/c1-15(18-20-21-19(26-18)17-8-5-13-27-17)22-9-11-23(12-10-22)28(24,25)14-16-6-3-2-4-7-16/h2-8,13,15H,9-12,14H2,1H3/p+1/t15-/m0/s1. The van der Waals surface area contributed by atoms with Crippen LogP contribution in [0.15, 0.2) is 52.3 Å². The molecule has 1 fully saturated rings. The van der Waals surface area contributed by atoms with Crippen molar-refractivity contribution in [3.8, 4) is 10.8 Å². The van der Waals surface area contributed by atoms with Gasteiger partial charge in [-0.05, 0) is 23.9 Å². The Morgan fingerprint density at radius 1 is 1.14 bits per heavy atom. The average molecular weight is 420 g/mol. The van der Waals surface area contributed by atoms with Gasteiger partial charge in [-0.3, -0.25) is 0 Å². The van der Waals surface area contributed by atoms with E-state index in [9.17, 15) is 8.42 Å². The fourth-order valence-electron chi connectivity index (χ4n) is 3.44. The van der Waals surface area contributed by atoms with Crippen LogP contribution in [-0.4, -0.2) is 49.1 Å². The lowest BCUT2D eigenvalue weighted by Gasteiger charge is -2.33. The van der Waals surface area contributed by atoms with E-state index in [1.54, 1.807) is 15.6 Å². The molecule has 0 aliphatic carbocycles. The molecule has 28 heavy (non-hydrogen) atoms. The van der Waals surface area contributed by atoms with E-state index in [0.29, 0.717) is 38.0 Å². The quantitative estimate of drug-likeness (QED) is 0.656. The molecule has 1 aromatic carbocycles. The van der Waals surface area contributed by atoms with Gasteiger partial charge in [0.05, 0.1) is 36.8 Å². The van der Waals surface area contributed by atoms with Gasteiger partial charge in [-0.2, -0.15) is 4.31 Å². The van der Waals surface area contributed by atoms with E-state index in [-0.39, 0.29) is 11.8 Å². The van der Waals surface area contributed by atoms with E-state index in [1.165, 1.54) is 4.90 Å². The van der Waals surface area contributed by atoms with Gasteiger partial charge in [0.25, 0.3) is 11.8 Å². The number of nitrogens with zero attached hydrogens (tertiary/aromatic N) is 3. The van der Waals surface area contributed by atoms with Crippen LogP contribution in [-0.2, 0) is 15.8 Å². The van der Waals surface area contributed by atoms with Crippen molar-refractivity contribution in [1.29, 1.82) is 0 Å². The number of piperazine rings is 1. The molecular weight excluding hydrogens is 396 g/mol. The molecule has 1 saturated heterocycles. The van der Waals surface area contributed by atoms with Crippen molar-refractivity contribution in [2.24, 2.45) is 0 Å². The summed E-state index contributed by atoms with van der Waals surface area (Å²) in [4.78, 5) is 2.21. The highest BCUT2D eigenvalue weighted by molar-refractivity contribution is 7.88. The monoisotopic (exact) mass is 419 g/mol. The third-order valence-electron chi connectivity index (χ3n) is 5.11. The average Bonchev–Trinajstić information content (AvgIpc) is 3.40. The predicted octanol–water partition coefficient (Wildman–Crippen LogP) is 1.59. The van der Waals surface area contributed by atoms with Crippen molar-refractivity contribution in [1.82, 2.24) is 14.5 Å². The fourth-order valence-corrected chi connectivity index (χ4v) is 5.62. The van der Waals surface area contributed by atoms with E-state index in [0.717, 1.165) is 10.4 Å². The summed E-state index contributed by atoms with van der Waals surface area (Å²) in [5.41, 5.74) is 0.817. The number of hydrogen-bond acceptors (Lipinski definition) is 6. The summed E-state index contributed by atoms with van der Waals surface area (Å²) < 4.78 is 32.9. The van der Waals surface area contributed by atoms with Crippen LogP contribution in [0.4, 0.5) is 0 Å². The van der Waals surface area contributed by atoms with Crippen LogP contribution < -0.4 is 4.90 Å². The second-order valence-electron chi connectivity index (χ2n) is 6.94.